The van der Waals surface area contributed by atoms with Crippen molar-refractivity contribution in [2.75, 3.05) is 5.32 Å². The highest BCUT2D eigenvalue weighted by Gasteiger charge is 2.03. The number of nitrogens with one attached hydrogen (secondary N) is 1. The summed E-state index contributed by atoms with van der Waals surface area (Å²) in [5.74, 6) is -1.65. The third-order valence-electron chi connectivity index (χ3n) is 2.28. The topological polar surface area (TPSA) is 79.3 Å². The molecule has 0 saturated carbocycles. The Morgan fingerprint density at radius 3 is 2.72 bits per heavy atom. The fourth-order valence-corrected chi connectivity index (χ4v) is 1.53. The van der Waals surface area contributed by atoms with Crippen molar-refractivity contribution in [2.45, 2.75) is 0 Å². The first-order valence-electron chi connectivity index (χ1n) is 5.22. The van der Waals surface area contributed by atoms with E-state index in [0.717, 1.165) is 23.1 Å². The molecule has 5 heteroatoms. The van der Waals surface area contributed by atoms with Gasteiger partial charge in [-0.1, -0.05) is 18.2 Å². The van der Waals surface area contributed by atoms with Gasteiger partial charge in [0.2, 0.25) is 5.91 Å². The first-order valence-corrected chi connectivity index (χ1v) is 5.22. The lowest BCUT2D eigenvalue weighted by molar-refractivity contribution is -0.131. The van der Waals surface area contributed by atoms with E-state index in [9.17, 15) is 9.59 Å². The van der Waals surface area contributed by atoms with Crippen molar-refractivity contribution in [2.24, 2.45) is 0 Å². The number of hydrogen-bond donors (Lipinski definition) is 2. The second-order valence-electron chi connectivity index (χ2n) is 3.54. The summed E-state index contributed by atoms with van der Waals surface area (Å²) >= 11 is 0. The third kappa shape index (κ3) is 2.70. The molecule has 0 fully saturated rings. The first-order chi connectivity index (χ1) is 8.66. The van der Waals surface area contributed by atoms with Crippen molar-refractivity contribution in [3.8, 4) is 0 Å². The average molecular weight is 242 g/mol. The van der Waals surface area contributed by atoms with Gasteiger partial charge in [-0.25, -0.2) is 4.79 Å². The Kier molecular flexibility index (Phi) is 3.33. The standard InChI is InChI=1S/C13H10N2O3/c16-12(5-6-13(17)18)15-11-7-8-14-10-4-2-1-3-9(10)11/h1-8H,(H,17,18)(H,14,15,16)/b6-5+. The minimum absolute atomic E-state index is 0.492. The fraction of sp³-hybridized carbons (Fsp3) is 0. The Morgan fingerprint density at radius 2 is 1.94 bits per heavy atom. The highest BCUT2D eigenvalue weighted by Crippen LogP contribution is 2.20. The summed E-state index contributed by atoms with van der Waals surface area (Å²) < 4.78 is 0. The number of rotatable bonds is 3. The molecule has 0 aliphatic heterocycles. The molecule has 0 spiro atoms. The minimum atomic E-state index is -1.16. The zero-order valence-electron chi connectivity index (χ0n) is 9.33. The van der Waals surface area contributed by atoms with Crippen LogP contribution in [0.3, 0.4) is 0 Å². The van der Waals surface area contributed by atoms with Crippen molar-refractivity contribution < 1.29 is 14.7 Å². The van der Waals surface area contributed by atoms with Gasteiger partial charge in [0.25, 0.3) is 0 Å². The molecule has 2 aromatic rings. The maximum Gasteiger partial charge on any atom is 0.328 e. The van der Waals surface area contributed by atoms with Gasteiger partial charge < -0.3 is 10.4 Å². The molecule has 0 radical (unpaired) electrons. The van der Waals surface area contributed by atoms with Crippen LogP contribution in [0.2, 0.25) is 0 Å². The van der Waals surface area contributed by atoms with Gasteiger partial charge in [0, 0.05) is 23.7 Å². The summed E-state index contributed by atoms with van der Waals surface area (Å²) in [7, 11) is 0. The van der Waals surface area contributed by atoms with Crippen molar-refractivity contribution in [1.29, 1.82) is 0 Å². The summed E-state index contributed by atoms with van der Waals surface area (Å²) in [6.07, 6.45) is 3.34. The van der Waals surface area contributed by atoms with E-state index in [-0.39, 0.29) is 0 Å². The number of fused-ring (bicyclic) bond motifs is 1. The Hall–Kier alpha value is -2.69. The van der Waals surface area contributed by atoms with E-state index < -0.39 is 11.9 Å². The second kappa shape index (κ2) is 5.09. The number of nitrogens with zero attached hydrogens (tertiary/aromatic N) is 1. The van der Waals surface area contributed by atoms with Gasteiger partial charge in [-0.3, -0.25) is 9.78 Å². The quantitative estimate of drug-likeness (QED) is 0.804. The van der Waals surface area contributed by atoms with E-state index in [0.29, 0.717) is 5.69 Å². The van der Waals surface area contributed by atoms with E-state index in [1.807, 2.05) is 24.3 Å². The fourth-order valence-electron chi connectivity index (χ4n) is 1.53. The molecule has 0 aliphatic rings. The number of benzene rings is 1. The monoisotopic (exact) mass is 242 g/mol. The number of para-hydroxylation sites is 1. The van der Waals surface area contributed by atoms with Gasteiger partial charge in [-0.05, 0) is 12.1 Å². The summed E-state index contributed by atoms with van der Waals surface area (Å²) in [6.45, 7) is 0. The second-order valence-corrected chi connectivity index (χ2v) is 3.54. The van der Waals surface area contributed by atoms with Gasteiger partial charge in [0.1, 0.15) is 0 Å². The van der Waals surface area contributed by atoms with Crippen LogP contribution in [0.5, 0.6) is 0 Å². The number of carboxylic acid groups (broad SMARTS) is 1. The van der Waals surface area contributed by atoms with Crippen molar-refractivity contribution in [3.05, 3.63) is 48.7 Å². The lowest BCUT2D eigenvalue weighted by atomic mass is 10.2. The van der Waals surface area contributed by atoms with Crippen LogP contribution in [0, 0.1) is 0 Å². The lowest BCUT2D eigenvalue weighted by Crippen LogP contribution is -2.09. The molecule has 18 heavy (non-hydrogen) atoms. The number of aromatic nitrogens is 1. The highest BCUT2D eigenvalue weighted by atomic mass is 16.4. The maximum atomic E-state index is 11.5. The Morgan fingerprint density at radius 1 is 1.17 bits per heavy atom. The largest absolute Gasteiger partial charge is 0.478 e. The van der Waals surface area contributed by atoms with Crippen LogP contribution in [0.25, 0.3) is 10.9 Å². The van der Waals surface area contributed by atoms with Gasteiger partial charge in [0.05, 0.1) is 11.2 Å². The van der Waals surface area contributed by atoms with Gasteiger partial charge in [-0.15, -0.1) is 0 Å². The number of pyridine rings is 1. The summed E-state index contributed by atoms with van der Waals surface area (Å²) in [4.78, 5) is 25.9. The van der Waals surface area contributed by atoms with Gasteiger partial charge >= 0.3 is 5.97 Å². The van der Waals surface area contributed by atoms with E-state index >= 15 is 0 Å². The van der Waals surface area contributed by atoms with E-state index in [1.54, 1.807) is 12.3 Å². The van der Waals surface area contributed by atoms with Crippen LogP contribution < -0.4 is 5.32 Å². The lowest BCUT2D eigenvalue weighted by Gasteiger charge is -2.05. The molecule has 0 aliphatic carbocycles. The number of anilines is 1. The van der Waals surface area contributed by atoms with Crippen molar-refractivity contribution in [1.82, 2.24) is 4.98 Å². The summed E-state index contributed by atoms with van der Waals surface area (Å²) in [5.41, 5.74) is 1.36. The van der Waals surface area contributed by atoms with Crippen LogP contribution in [0.15, 0.2) is 48.7 Å². The van der Waals surface area contributed by atoms with Crippen LogP contribution in [0.4, 0.5) is 5.69 Å². The van der Waals surface area contributed by atoms with Gasteiger partial charge in [0.15, 0.2) is 0 Å². The first kappa shape index (κ1) is 11.8. The molecule has 5 nitrogen and oxygen atoms in total. The average Bonchev–Trinajstić information content (AvgIpc) is 2.37. The Labute approximate surface area is 103 Å². The number of carbonyl (C=O) groups excluding carboxylic acids is 1. The summed E-state index contributed by atoms with van der Waals surface area (Å²) in [6, 6.07) is 9.02. The third-order valence-corrected chi connectivity index (χ3v) is 2.28. The molecule has 0 saturated heterocycles. The molecule has 90 valence electrons. The number of hydrogen-bond acceptors (Lipinski definition) is 3. The smallest absolute Gasteiger partial charge is 0.328 e. The molecular weight excluding hydrogens is 232 g/mol. The number of amides is 1. The van der Waals surface area contributed by atoms with E-state index in [2.05, 4.69) is 10.3 Å². The summed E-state index contributed by atoms with van der Waals surface area (Å²) in [5, 5.41) is 11.8. The normalized spacial score (nSPS) is 10.7. The number of carbonyl (C=O) groups is 2. The molecule has 0 atom stereocenters. The zero-order chi connectivity index (χ0) is 13.0. The van der Waals surface area contributed by atoms with Crippen LogP contribution in [0.1, 0.15) is 0 Å². The minimum Gasteiger partial charge on any atom is -0.478 e. The number of carboxylic acids is 1. The maximum absolute atomic E-state index is 11.5. The zero-order valence-corrected chi connectivity index (χ0v) is 9.33. The molecule has 0 bridgehead atoms. The molecule has 2 N–H and O–H groups in total. The van der Waals surface area contributed by atoms with Crippen LogP contribution in [-0.2, 0) is 9.59 Å². The molecule has 1 amide bonds. The molecule has 2 rings (SSSR count). The van der Waals surface area contributed by atoms with Crippen LogP contribution in [-0.4, -0.2) is 22.0 Å². The molecule has 1 aromatic carbocycles. The molecular formula is C13H10N2O3. The molecule has 1 heterocycles. The van der Waals surface area contributed by atoms with Crippen LogP contribution >= 0.6 is 0 Å². The molecule has 1 aromatic heterocycles. The van der Waals surface area contributed by atoms with Gasteiger partial charge in [-0.2, -0.15) is 0 Å². The Balaban J connectivity index is 2.27. The van der Waals surface area contributed by atoms with E-state index in [1.165, 1.54) is 0 Å². The SMILES string of the molecule is O=C(O)/C=C/C(=O)Nc1ccnc2ccccc12. The Bertz CT molecular complexity index is 630. The van der Waals surface area contributed by atoms with Crippen molar-refractivity contribution in [3.63, 3.8) is 0 Å². The highest BCUT2D eigenvalue weighted by molar-refractivity contribution is 6.06. The predicted octanol–water partition coefficient (Wildman–Crippen LogP) is 1.81. The van der Waals surface area contributed by atoms with E-state index in [4.69, 9.17) is 5.11 Å². The predicted molar refractivity (Wildman–Crippen MR) is 67.1 cm³/mol. The number of aliphatic carboxylic acids is 1. The van der Waals surface area contributed by atoms with Crippen molar-refractivity contribution >= 4 is 28.5 Å². The molecule has 0 unspecified atom stereocenters.